The van der Waals surface area contributed by atoms with Crippen molar-refractivity contribution in [3.05, 3.63) is 36.0 Å². The number of benzene rings is 1. The van der Waals surface area contributed by atoms with Crippen molar-refractivity contribution in [1.82, 2.24) is 20.3 Å². The lowest BCUT2D eigenvalue weighted by Crippen LogP contribution is -2.24. The van der Waals surface area contributed by atoms with Crippen molar-refractivity contribution < 1.29 is 14.7 Å². The summed E-state index contributed by atoms with van der Waals surface area (Å²) >= 11 is 0. The highest BCUT2D eigenvalue weighted by atomic mass is 16.4. The molecule has 7 nitrogen and oxygen atoms in total. The summed E-state index contributed by atoms with van der Waals surface area (Å²) in [6, 6.07) is 9.03. The predicted molar refractivity (Wildman–Crippen MR) is 75.7 cm³/mol. The van der Waals surface area contributed by atoms with E-state index in [2.05, 4.69) is 15.6 Å². The zero-order valence-corrected chi connectivity index (χ0v) is 11.6. The number of rotatable bonds is 6. The fraction of sp³-hybridized carbons (Fsp3) is 0.286. The standard InChI is InChI=1S/C14H16N4O3/c1-2-15-11(19)8-9-18-13(10-6-4-3-5-7-10)12(14(20)21)16-17-18/h3-7H,2,8-9H2,1H3,(H,15,19)(H,20,21). The van der Waals surface area contributed by atoms with Gasteiger partial charge in [-0.25, -0.2) is 9.48 Å². The highest BCUT2D eigenvalue weighted by molar-refractivity contribution is 5.92. The number of aryl methyl sites for hydroxylation is 1. The first-order valence-corrected chi connectivity index (χ1v) is 6.62. The van der Waals surface area contributed by atoms with Gasteiger partial charge in [-0.05, 0) is 6.92 Å². The average Bonchev–Trinajstić information content (AvgIpc) is 2.90. The van der Waals surface area contributed by atoms with Gasteiger partial charge >= 0.3 is 5.97 Å². The molecule has 0 atom stereocenters. The number of amides is 1. The van der Waals surface area contributed by atoms with Crippen LogP contribution in [0.2, 0.25) is 0 Å². The zero-order chi connectivity index (χ0) is 15.2. The van der Waals surface area contributed by atoms with Gasteiger partial charge in [-0.15, -0.1) is 5.10 Å². The first-order valence-electron chi connectivity index (χ1n) is 6.62. The van der Waals surface area contributed by atoms with Crippen LogP contribution < -0.4 is 5.32 Å². The molecule has 0 bridgehead atoms. The van der Waals surface area contributed by atoms with E-state index in [1.54, 1.807) is 12.1 Å². The molecule has 0 spiro atoms. The number of carboxylic acids is 1. The smallest absolute Gasteiger partial charge is 0.358 e. The maximum atomic E-state index is 11.5. The Morgan fingerprint density at radius 1 is 1.29 bits per heavy atom. The van der Waals surface area contributed by atoms with E-state index in [1.165, 1.54) is 4.68 Å². The quantitative estimate of drug-likeness (QED) is 0.831. The van der Waals surface area contributed by atoms with Gasteiger partial charge in [0.1, 0.15) is 5.69 Å². The Balaban J connectivity index is 2.30. The zero-order valence-electron chi connectivity index (χ0n) is 11.6. The van der Waals surface area contributed by atoms with Crippen molar-refractivity contribution in [2.24, 2.45) is 0 Å². The highest BCUT2D eigenvalue weighted by Crippen LogP contribution is 2.22. The summed E-state index contributed by atoms with van der Waals surface area (Å²) in [5.41, 5.74) is 1.00. The van der Waals surface area contributed by atoms with Crippen LogP contribution in [0.4, 0.5) is 0 Å². The van der Waals surface area contributed by atoms with E-state index in [0.29, 0.717) is 17.8 Å². The van der Waals surface area contributed by atoms with Gasteiger partial charge in [-0.1, -0.05) is 35.5 Å². The van der Waals surface area contributed by atoms with E-state index in [1.807, 2.05) is 25.1 Å². The molecular formula is C14H16N4O3. The van der Waals surface area contributed by atoms with E-state index < -0.39 is 5.97 Å². The van der Waals surface area contributed by atoms with Crippen molar-refractivity contribution in [2.45, 2.75) is 19.9 Å². The maximum absolute atomic E-state index is 11.5. The number of nitrogens with zero attached hydrogens (tertiary/aromatic N) is 3. The molecule has 1 heterocycles. The van der Waals surface area contributed by atoms with Crippen LogP contribution >= 0.6 is 0 Å². The second-order valence-corrected chi connectivity index (χ2v) is 4.38. The number of carboxylic acid groups (broad SMARTS) is 1. The van der Waals surface area contributed by atoms with E-state index in [-0.39, 0.29) is 24.6 Å². The first kappa shape index (κ1) is 14.7. The van der Waals surface area contributed by atoms with Crippen molar-refractivity contribution in [3.8, 4) is 11.3 Å². The number of aromatic carboxylic acids is 1. The minimum Gasteiger partial charge on any atom is -0.476 e. The van der Waals surface area contributed by atoms with Crippen LogP contribution in [0.25, 0.3) is 11.3 Å². The third-order valence-corrected chi connectivity index (χ3v) is 2.91. The Bertz CT molecular complexity index is 637. The normalized spacial score (nSPS) is 10.3. The monoisotopic (exact) mass is 288 g/mol. The van der Waals surface area contributed by atoms with Crippen LogP contribution in [-0.4, -0.2) is 38.5 Å². The summed E-state index contributed by atoms with van der Waals surface area (Å²) in [5, 5.41) is 19.4. The topological polar surface area (TPSA) is 97.1 Å². The SMILES string of the molecule is CCNC(=O)CCn1nnc(C(=O)O)c1-c1ccccc1. The molecule has 0 aliphatic carbocycles. The molecule has 1 amide bonds. The van der Waals surface area contributed by atoms with Gasteiger partial charge in [-0.3, -0.25) is 4.79 Å². The van der Waals surface area contributed by atoms with Crippen LogP contribution in [0.5, 0.6) is 0 Å². The molecule has 0 fully saturated rings. The fourth-order valence-corrected chi connectivity index (χ4v) is 1.99. The average molecular weight is 288 g/mol. The van der Waals surface area contributed by atoms with Crippen LogP contribution in [0, 0.1) is 0 Å². The number of carbonyl (C=O) groups excluding carboxylic acids is 1. The van der Waals surface area contributed by atoms with Gasteiger partial charge in [0.15, 0.2) is 5.69 Å². The predicted octanol–water partition coefficient (Wildman–Crippen LogP) is 1.17. The van der Waals surface area contributed by atoms with E-state index in [4.69, 9.17) is 0 Å². The van der Waals surface area contributed by atoms with Gasteiger partial charge in [0.2, 0.25) is 5.91 Å². The highest BCUT2D eigenvalue weighted by Gasteiger charge is 2.20. The minimum atomic E-state index is -1.14. The van der Waals surface area contributed by atoms with Crippen molar-refractivity contribution >= 4 is 11.9 Å². The molecule has 0 aliphatic heterocycles. The molecule has 0 unspecified atom stereocenters. The van der Waals surface area contributed by atoms with Crippen LogP contribution in [-0.2, 0) is 11.3 Å². The summed E-state index contributed by atoms with van der Waals surface area (Å²) in [6.07, 6.45) is 0.218. The molecule has 0 saturated heterocycles. The third kappa shape index (κ3) is 3.44. The second kappa shape index (κ2) is 6.65. The van der Waals surface area contributed by atoms with Crippen LogP contribution in [0.1, 0.15) is 23.8 Å². The molecule has 0 saturated carbocycles. The Morgan fingerprint density at radius 3 is 2.62 bits per heavy atom. The van der Waals surface area contributed by atoms with Gasteiger partial charge in [0.25, 0.3) is 0 Å². The lowest BCUT2D eigenvalue weighted by Gasteiger charge is -2.07. The van der Waals surface area contributed by atoms with E-state index in [0.717, 1.165) is 0 Å². The molecule has 0 radical (unpaired) electrons. The molecule has 2 N–H and O–H groups in total. The van der Waals surface area contributed by atoms with E-state index in [9.17, 15) is 14.7 Å². The maximum Gasteiger partial charge on any atom is 0.358 e. The lowest BCUT2D eigenvalue weighted by atomic mass is 10.1. The molecule has 21 heavy (non-hydrogen) atoms. The van der Waals surface area contributed by atoms with Crippen molar-refractivity contribution in [3.63, 3.8) is 0 Å². The Morgan fingerprint density at radius 2 is 2.00 bits per heavy atom. The minimum absolute atomic E-state index is 0.108. The van der Waals surface area contributed by atoms with Gasteiger partial charge in [0.05, 0.1) is 6.54 Å². The fourth-order valence-electron chi connectivity index (χ4n) is 1.99. The number of hydrogen-bond acceptors (Lipinski definition) is 4. The number of nitrogens with one attached hydrogen (secondary N) is 1. The Kier molecular flexibility index (Phi) is 4.65. The van der Waals surface area contributed by atoms with Gasteiger partial charge < -0.3 is 10.4 Å². The van der Waals surface area contributed by atoms with Gasteiger partial charge in [-0.2, -0.15) is 0 Å². The molecule has 2 rings (SSSR count). The van der Waals surface area contributed by atoms with Crippen molar-refractivity contribution in [1.29, 1.82) is 0 Å². The second-order valence-electron chi connectivity index (χ2n) is 4.38. The summed E-state index contributed by atoms with van der Waals surface area (Å²) in [4.78, 5) is 22.8. The summed E-state index contributed by atoms with van der Waals surface area (Å²) in [6.45, 7) is 2.67. The van der Waals surface area contributed by atoms with Crippen LogP contribution in [0.3, 0.4) is 0 Å². The van der Waals surface area contributed by atoms with Crippen LogP contribution in [0.15, 0.2) is 30.3 Å². The number of hydrogen-bond donors (Lipinski definition) is 2. The van der Waals surface area contributed by atoms with Crippen molar-refractivity contribution in [2.75, 3.05) is 6.54 Å². The summed E-state index contributed by atoms with van der Waals surface area (Å²) < 4.78 is 1.45. The Labute approximate surface area is 121 Å². The molecule has 0 aliphatic rings. The lowest BCUT2D eigenvalue weighted by molar-refractivity contribution is -0.121. The Hall–Kier alpha value is -2.70. The summed E-state index contributed by atoms with van der Waals surface area (Å²) in [5.74, 6) is -1.25. The van der Waals surface area contributed by atoms with E-state index >= 15 is 0 Å². The number of carbonyl (C=O) groups is 2. The first-order chi connectivity index (χ1) is 10.1. The molecule has 1 aromatic heterocycles. The number of aromatic nitrogens is 3. The van der Waals surface area contributed by atoms with Gasteiger partial charge in [0, 0.05) is 18.5 Å². The molecule has 7 heteroatoms. The largest absolute Gasteiger partial charge is 0.476 e. The molecule has 2 aromatic rings. The third-order valence-electron chi connectivity index (χ3n) is 2.91. The molecule has 1 aromatic carbocycles. The molecular weight excluding hydrogens is 272 g/mol. The summed E-state index contributed by atoms with van der Waals surface area (Å²) in [7, 11) is 0. The molecule has 110 valence electrons.